The first-order valence-corrected chi connectivity index (χ1v) is 11.6. The molecule has 0 rings (SSSR count). The van der Waals surface area contributed by atoms with Crippen LogP contribution in [0.3, 0.4) is 0 Å². The summed E-state index contributed by atoms with van der Waals surface area (Å²) < 4.78 is 5.90. The van der Waals surface area contributed by atoms with E-state index in [1.54, 1.807) is 0 Å². The summed E-state index contributed by atoms with van der Waals surface area (Å²) in [4.78, 5) is 7.14. The van der Waals surface area contributed by atoms with Gasteiger partial charge in [0.2, 0.25) is 0 Å². The number of hydrogen-bond donors (Lipinski definition) is 1. The molecule has 5 heteroatoms. The molecule has 0 saturated heterocycles. The zero-order valence-corrected chi connectivity index (χ0v) is 12.9. The van der Waals surface area contributed by atoms with Crippen molar-refractivity contribution in [2.45, 2.75) is 39.3 Å². The second kappa shape index (κ2) is 5.26. The van der Waals surface area contributed by atoms with Crippen LogP contribution in [0.15, 0.2) is 0 Å². The van der Waals surface area contributed by atoms with Gasteiger partial charge >= 0.3 is 0 Å². The van der Waals surface area contributed by atoms with E-state index in [1.165, 1.54) is 0 Å². The molecule has 0 aliphatic carbocycles. The fourth-order valence-corrected chi connectivity index (χ4v) is 8.27. The summed E-state index contributed by atoms with van der Waals surface area (Å²) in [7, 11) is -2.16. The number of rotatable bonds is 2. The minimum Gasteiger partial charge on any atom is -0.456 e. The van der Waals surface area contributed by atoms with E-state index in [1.807, 2.05) is 0 Å². The first kappa shape index (κ1) is 14.1. The van der Waals surface area contributed by atoms with Crippen molar-refractivity contribution in [1.29, 1.82) is 0 Å². The smallest absolute Gasteiger partial charge is 0.170 e. The molecule has 0 bridgehead atoms. The van der Waals surface area contributed by atoms with Gasteiger partial charge in [0, 0.05) is 0 Å². The average molecular weight is 210 g/mol. The van der Waals surface area contributed by atoms with E-state index in [9.17, 15) is 0 Å². The van der Waals surface area contributed by atoms with Gasteiger partial charge in [0.25, 0.3) is 0 Å². The van der Waals surface area contributed by atoms with Gasteiger partial charge in [0.15, 0.2) is 16.6 Å². The van der Waals surface area contributed by atoms with Crippen LogP contribution >= 0.6 is 0 Å². The van der Waals surface area contributed by atoms with E-state index in [0.29, 0.717) is 10.5 Å². The Hall–Kier alpha value is 0.571. The third-order valence-electron chi connectivity index (χ3n) is 0.612. The lowest BCUT2D eigenvalue weighted by Crippen LogP contribution is -2.39. The van der Waals surface area contributed by atoms with Gasteiger partial charge in [-0.3, -0.25) is 0 Å². The van der Waals surface area contributed by atoms with Crippen LogP contribution in [0, 0.1) is 0 Å². The second-order valence-electron chi connectivity index (χ2n) is 4.33. The molecule has 0 spiro atoms. The Labute approximate surface area is 75.8 Å². The Balaban J connectivity index is 0. The maximum absolute atomic E-state index is 7.14. The van der Waals surface area contributed by atoms with Gasteiger partial charge in [-0.2, -0.15) is 0 Å². The van der Waals surface area contributed by atoms with Gasteiger partial charge in [-0.05, 0) is 39.3 Å². The molecule has 1 N–H and O–H groups in total. The molecule has 0 atom stereocenters. The van der Waals surface area contributed by atoms with Crippen molar-refractivity contribution in [2.24, 2.45) is 0 Å². The minimum atomic E-state index is -1.23. The van der Waals surface area contributed by atoms with Crippen LogP contribution in [0.25, 0.3) is 0 Å². The summed E-state index contributed by atoms with van der Waals surface area (Å²) >= 11 is 0. The van der Waals surface area contributed by atoms with E-state index >= 15 is 0 Å². The molecule has 0 aromatic heterocycles. The Bertz CT molecular complexity index is 81.0. The Kier molecular flexibility index (Phi) is 6.75. The van der Waals surface area contributed by atoms with Gasteiger partial charge < -0.3 is 8.91 Å². The van der Waals surface area contributed by atoms with E-state index in [0.717, 1.165) is 0 Å². The Morgan fingerprint density at radius 3 is 1.00 bits per heavy atom. The van der Waals surface area contributed by atoms with Crippen molar-refractivity contribution < 1.29 is 8.91 Å². The first-order chi connectivity index (χ1) is 4.71. The standard InChI is InChI=1S/C6H18OSi2.H4OSi/c1-8(2,3)7-9(4,5)6;1-2/h1-6H3;1H,2H3. The van der Waals surface area contributed by atoms with Crippen LogP contribution in [-0.2, 0) is 4.12 Å². The van der Waals surface area contributed by atoms with Gasteiger partial charge in [0.05, 0.1) is 0 Å². The zero-order valence-electron chi connectivity index (χ0n) is 8.86. The van der Waals surface area contributed by atoms with Crippen LogP contribution in [-0.4, -0.2) is 31.9 Å². The van der Waals surface area contributed by atoms with E-state index in [4.69, 9.17) is 8.91 Å². The van der Waals surface area contributed by atoms with Crippen molar-refractivity contribution in [3.63, 3.8) is 0 Å². The monoisotopic (exact) mass is 210 g/mol. The predicted molar refractivity (Wildman–Crippen MR) is 59.9 cm³/mol. The first-order valence-electron chi connectivity index (χ1n) is 3.86. The maximum atomic E-state index is 7.14. The largest absolute Gasteiger partial charge is 0.456 e. The van der Waals surface area contributed by atoms with Crippen LogP contribution in [0.2, 0.25) is 39.3 Å². The fourth-order valence-electron chi connectivity index (χ4n) is 0.919. The molecule has 70 valence electrons. The lowest BCUT2D eigenvalue weighted by molar-refractivity contribution is 0.559. The Morgan fingerprint density at radius 2 is 1.00 bits per heavy atom. The highest BCUT2D eigenvalue weighted by Crippen LogP contribution is 2.12. The van der Waals surface area contributed by atoms with Crippen molar-refractivity contribution >= 4 is 27.1 Å². The molecule has 0 heterocycles. The van der Waals surface area contributed by atoms with E-state index in [2.05, 4.69) is 39.3 Å². The topological polar surface area (TPSA) is 29.5 Å². The Morgan fingerprint density at radius 1 is 0.818 bits per heavy atom. The van der Waals surface area contributed by atoms with Crippen molar-refractivity contribution in [3.05, 3.63) is 0 Å². The molecule has 0 radical (unpaired) electrons. The van der Waals surface area contributed by atoms with Gasteiger partial charge in [0.1, 0.15) is 10.5 Å². The van der Waals surface area contributed by atoms with Crippen LogP contribution in [0.5, 0.6) is 0 Å². The fraction of sp³-hybridized carbons (Fsp3) is 1.00. The van der Waals surface area contributed by atoms with Crippen molar-refractivity contribution in [1.82, 2.24) is 0 Å². The predicted octanol–water partition coefficient (Wildman–Crippen LogP) is 0.932. The summed E-state index contributed by atoms with van der Waals surface area (Å²) in [5.74, 6) is 0. The lowest BCUT2D eigenvalue weighted by atomic mass is 11.8. The molecule has 0 saturated carbocycles. The highest BCUT2D eigenvalue weighted by Gasteiger charge is 2.24. The van der Waals surface area contributed by atoms with Crippen molar-refractivity contribution in [3.8, 4) is 0 Å². The van der Waals surface area contributed by atoms with E-state index in [-0.39, 0.29) is 0 Å². The van der Waals surface area contributed by atoms with Gasteiger partial charge in [-0.15, -0.1) is 0 Å². The van der Waals surface area contributed by atoms with Crippen molar-refractivity contribution in [2.75, 3.05) is 0 Å². The molecule has 2 nitrogen and oxygen atoms in total. The van der Waals surface area contributed by atoms with Crippen LogP contribution in [0.1, 0.15) is 0 Å². The summed E-state index contributed by atoms with van der Waals surface area (Å²) in [6, 6.07) is 0. The molecule has 0 fully saturated rings. The average Bonchev–Trinajstić information content (AvgIpc) is 1.60. The quantitative estimate of drug-likeness (QED) is 0.687. The molecule has 0 aromatic rings. The summed E-state index contributed by atoms with van der Waals surface area (Å²) in [6.07, 6.45) is 0. The SMILES string of the molecule is C[Si](C)(C)O[Si](C)(C)C.O[SiH3]. The van der Waals surface area contributed by atoms with Crippen LogP contribution in [0.4, 0.5) is 0 Å². The molecule has 11 heavy (non-hydrogen) atoms. The second-order valence-corrected chi connectivity index (χ2v) is 13.6. The highest BCUT2D eigenvalue weighted by molar-refractivity contribution is 6.83. The molecule has 0 aromatic carbocycles. The minimum absolute atomic E-state index is 0.306. The summed E-state index contributed by atoms with van der Waals surface area (Å²) in [5, 5.41) is 0. The summed E-state index contributed by atoms with van der Waals surface area (Å²) in [6.45, 7) is 13.4. The van der Waals surface area contributed by atoms with E-state index < -0.39 is 16.6 Å². The molecule has 0 unspecified atom stereocenters. The molecule has 0 aliphatic rings. The molecular formula is C6H22O2Si3. The molecular weight excluding hydrogens is 188 g/mol. The number of hydrogen-bond acceptors (Lipinski definition) is 2. The third kappa shape index (κ3) is 18.0. The summed E-state index contributed by atoms with van der Waals surface area (Å²) in [5.41, 5.74) is 0. The zero-order chi connectivity index (χ0) is 9.71. The van der Waals surface area contributed by atoms with Crippen LogP contribution < -0.4 is 0 Å². The van der Waals surface area contributed by atoms with Gasteiger partial charge in [-0.25, -0.2) is 0 Å². The molecule has 0 amide bonds. The normalized spacial score (nSPS) is 12.3. The molecule has 0 aliphatic heterocycles. The van der Waals surface area contributed by atoms with Gasteiger partial charge in [-0.1, -0.05) is 0 Å². The highest BCUT2D eigenvalue weighted by atomic mass is 28.4. The third-order valence-corrected chi connectivity index (χ3v) is 5.51. The maximum Gasteiger partial charge on any atom is 0.170 e. The lowest BCUT2D eigenvalue weighted by Gasteiger charge is -2.27.